The molecule has 19 heavy (non-hydrogen) atoms. The number of hydrogen-bond donors (Lipinski definition) is 1. The molecule has 1 rings (SSSR count). The molecule has 0 aliphatic heterocycles. The average molecular weight is 261 g/mol. The monoisotopic (exact) mass is 261 g/mol. The predicted molar refractivity (Wildman–Crippen MR) is 85.6 cm³/mol. The van der Waals surface area contributed by atoms with Crippen LogP contribution in [0.15, 0.2) is 30.3 Å². The maximum Gasteiger partial charge on any atom is 0.00967 e. The van der Waals surface area contributed by atoms with Gasteiger partial charge in [0.2, 0.25) is 0 Å². The van der Waals surface area contributed by atoms with E-state index < -0.39 is 0 Å². The lowest BCUT2D eigenvalue weighted by atomic mass is 9.89. The second-order valence-corrected chi connectivity index (χ2v) is 6.83. The summed E-state index contributed by atoms with van der Waals surface area (Å²) in [5.41, 5.74) is 1.67. The third kappa shape index (κ3) is 6.77. The van der Waals surface area contributed by atoms with Crippen LogP contribution in [0.4, 0.5) is 0 Å². The van der Waals surface area contributed by atoms with E-state index in [1.54, 1.807) is 0 Å². The molecule has 0 aromatic heterocycles. The van der Waals surface area contributed by atoms with Crippen molar-refractivity contribution >= 4 is 0 Å². The lowest BCUT2D eigenvalue weighted by molar-refractivity contribution is 0.381. The molecule has 0 fully saturated rings. The number of nitrogens with one attached hydrogen (secondary N) is 1. The van der Waals surface area contributed by atoms with Gasteiger partial charge in [-0.05, 0) is 44.6 Å². The van der Waals surface area contributed by atoms with Gasteiger partial charge in [0.25, 0.3) is 0 Å². The normalized spacial score (nSPS) is 15.2. The Labute approximate surface area is 119 Å². The highest BCUT2D eigenvalue weighted by atomic mass is 14.9. The Morgan fingerprint density at radius 1 is 1.05 bits per heavy atom. The van der Waals surface area contributed by atoms with Crippen LogP contribution in [0.1, 0.15) is 65.4 Å². The summed E-state index contributed by atoms with van der Waals surface area (Å²) in [5.74, 6) is 1.47. The molecule has 2 unspecified atom stereocenters. The van der Waals surface area contributed by atoms with Gasteiger partial charge in [0.15, 0.2) is 0 Å². The van der Waals surface area contributed by atoms with Crippen molar-refractivity contribution in [3.8, 4) is 0 Å². The van der Waals surface area contributed by atoms with Crippen LogP contribution in [0, 0.1) is 5.92 Å². The topological polar surface area (TPSA) is 12.0 Å². The van der Waals surface area contributed by atoms with Gasteiger partial charge in [0.05, 0.1) is 0 Å². The van der Waals surface area contributed by atoms with Crippen molar-refractivity contribution in [2.75, 3.05) is 6.54 Å². The first-order chi connectivity index (χ1) is 8.92. The van der Waals surface area contributed by atoms with Crippen LogP contribution in [0.25, 0.3) is 0 Å². The quantitative estimate of drug-likeness (QED) is 0.729. The Kier molecular flexibility index (Phi) is 6.57. The highest BCUT2D eigenvalue weighted by Crippen LogP contribution is 2.24. The second-order valence-electron chi connectivity index (χ2n) is 6.83. The Morgan fingerprint density at radius 2 is 1.68 bits per heavy atom. The minimum atomic E-state index is 0.198. The van der Waals surface area contributed by atoms with Gasteiger partial charge in [-0.3, -0.25) is 0 Å². The number of benzene rings is 1. The molecule has 0 saturated heterocycles. The first-order valence-corrected chi connectivity index (χ1v) is 7.72. The SMILES string of the molecule is CCC(C)CCC(CNC(C)(C)C)c1ccccc1. The second kappa shape index (κ2) is 7.69. The van der Waals surface area contributed by atoms with E-state index in [0.717, 1.165) is 12.5 Å². The molecule has 1 heteroatoms. The highest BCUT2D eigenvalue weighted by Gasteiger charge is 2.16. The largest absolute Gasteiger partial charge is 0.311 e. The minimum absolute atomic E-state index is 0.198. The van der Waals surface area contributed by atoms with E-state index in [0.29, 0.717) is 5.92 Å². The zero-order valence-electron chi connectivity index (χ0n) is 13.4. The molecule has 0 spiro atoms. The van der Waals surface area contributed by atoms with Crippen LogP contribution >= 0.6 is 0 Å². The first kappa shape index (κ1) is 16.2. The molecular weight excluding hydrogens is 230 g/mol. The maximum atomic E-state index is 3.66. The molecule has 1 nitrogen and oxygen atoms in total. The third-order valence-electron chi connectivity index (χ3n) is 3.85. The molecule has 1 N–H and O–H groups in total. The fourth-order valence-corrected chi connectivity index (χ4v) is 2.23. The van der Waals surface area contributed by atoms with Gasteiger partial charge in [0, 0.05) is 12.1 Å². The molecular formula is C18H31N. The molecule has 1 aromatic rings. The van der Waals surface area contributed by atoms with Gasteiger partial charge in [-0.2, -0.15) is 0 Å². The van der Waals surface area contributed by atoms with E-state index >= 15 is 0 Å². The summed E-state index contributed by atoms with van der Waals surface area (Å²) >= 11 is 0. The van der Waals surface area contributed by atoms with Crippen molar-refractivity contribution < 1.29 is 0 Å². The molecule has 0 heterocycles. The molecule has 0 saturated carbocycles. The van der Waals surface area contributed by atoms with Crippen molar-refractivity contribution in [3.63, 3.8) is 0 Å². The molecule has 0 aliphatic carbocycles. The van der Waals surface area contributed by atoms with Crippen LogP contribution in [0.5, 0.6) is 0 Å². The fraction of sp³-hybridized carbons (Fsp3) is 0.667. The van der Waals surface area contributed by atoms with E-state index in [1.807, 2.05) is 0 Å². The predicted octanol–water partition coefficient (Wildman–Crippen LogP) is 4.98. The van der Waals surface area contributed by atoms with Gasteiger partial charge in [-0.15, -0.1) is 0 Å². The lowest BCUT2D eigenvalue weighted by Gasteiger charge is -2.26. The van der Waals surface area contributed by atoms with Crippen LogP contribution < -0.4 is 5.32 Å². The van der Waals surface area contributed by atoms with E-state index in [9.17, 15) is 0 Å². The summed E-state index contributed by atoms with van der Waals surface area (Å²) < 4.78 is 0. The lowest BCUT2D eigenvalue weighted by Crippen LogP contribution is -2.38. The Morgan fingerprint density at radius 3 is 2.21 bits per heavy atom. The van der Waals surface area contributed by atoms with E-state index in [4.69, 9.17) is 0 Å². The van der Waals surface area contributed by atoms with Crippen molar-refractivity contribution in [2.45, 2.75) is 65.3 Å². The molecule has 0 amide bonds. The van der Waals surface area contributed by atoms with E-state index in [-0.39, 0.29) is 5.54 Å². The first-order valence-electron chi connectivity index (χ1n) is 7.72. The summed E-state index contributed by atoms with van der Waals surface area (Å²) in [5, 5.41) is 3.66. The average Bonchev–Trinajstić information content (AvgIpc) is 2.38. The van der Waals surface area contributed by atoms with E-state index in [1.165, 1.54) is 24.8 Å². The summed E-state index contributed by atoms with van der Waals surface area (Å²) in [6.07, 6.45) is 3.89. The summed E-state index contributed by atoms with van der Waals surface area (Å²) in [7, 11) is 0. The van der Waals surface area contributed by atoms with Crippen molar-refractivity contribution in [1.29, 1.82) is 0 Å². The summed E-state index contributed by atoms with van der Waals surface area (Å²) in [6, 6.07) is 11.0. The van der Waals surface area contributed by atoms with Gasteiger partial charge in [-0.1, -0.05) is 57.0 Å². The zero-order chi connectivity index (χ0) is 14.3. The highest BCUT2D eigenvalue weighted by molar-refractivity contribution is 5.20. The molecule has 0 bridgehead atoms. The van der Waals surface area contributed by atoms with Gasteiger partial charge >= 0.3 is 0 Å². The maximum absolute atomic E-state index is 3.66. The van der Waals surface area contributed by atoms with E-state index in [2.05, 4.69) is 70.3 Å². The summed E-state index contributed by atoms with van der Waals surface area (Å²) in [4.78, 5) is 0. The standard InChI is InChI=1S/C18H31N/c1-6-15(2)12-13-17(14-19-18(3,4)5)16-10-8-7-9-11-16/h7-11,15,17,19H,6,12-14H2,1-5H3. The van der Waals surface area contributed by atoms with Crippen LogP contribution in [0.2, 0.25) is 0 Å². The van der Waals surface area contributed by atoms with Crippen LogP contribution in [-0.2, 0) is 0 Å². The Bertz CT molecular complexity index is 336. The minimum Gasteiger partial charge on any atom is -0.311 e. The van der Waals surface area contributed by atoms with Crippen molar-refractivity contribution in [1.82, 2.24) is 5.32 Å². The van der Waals surface area contributed by atoms with Gasteiger partial charge < -0.3 is 5.32 Å². The molecule has 1 aromatic carbocycles. The van der Waals surface area contributed by atoms with Crippen molar-refractivity contribution in [3.05, 3.63) is 35.9 Å². The molecule has 2 atom stereocenters. The Balaban J connectivity index is 2.63. The van der Waals surface area contributed by atoms with Gasteiger partial charge in [0.1, 0.15) is 0 Å². The Hall–Kier alpha value is -0.820. The molecule has 108 valence electrons. The van der Waals surface area contributed by atoms with Gasteiger partial charge in [-0.25, -0.2) is 0 Å². The van der Waals surface area contributed by atoms with Crippen LogP contribution in [-0.4, -0.2) is 12.1 Å². The number of rotatable bonds is 7. The smallest absolute Gasteiger partial charge is 0.00967 e. The fourth-order valence-electron chi connectivity index (χ4n) is 2.23. The number of hydrogen-bond acceptors (Lipinski definition) is 1. The summed E-state index contributed by atoms with van der Waals surface area (Å²) in [6.45, 7) is 12.4. The van der Waals surface area contributed by atoms with Crippen LogP contribution in [0.3, 0.4) is 0 Å². The van der Waals surface area contributed by atoms with Crippen molar-refractivity contribution in [2.24, 2.45) is 5.92 Å². The third-order valence-corrected chi connectivity index (χ3v) is 3.85. The molecule has 0 aliphatic rings. The zero-order valence-corrected chi connectivity index (χ0v) is 13.4. The molecule has 0 radical (unpaired) electrons.